The first-order chi connectivity index (χ1) is 34.6. The molecule has 3 aromatic rings. The summed E-state index contributed by atoms with van der Waals surface area (Å²) >= 11 is 0. The number of nitrogens with one attached hydrogen (secondary N) is 2. The molecule has 6 atom stereocenters. The van der Waals surface area contributed by atoms with Crippen LogP contribution in [0.15, 0.2) is 92.0 Å². The Balaban J connectivity index is 1.07. The monoisotopic (exact) mass is 1150 g/mol. The minimum atomic E-state index is -5.87. The Kier molecular flexibility index (Phi) is 17.8. The third-order valence-corrected chi connectivity index (χ3v) is 18.0. The molecule has 27 nitrogen and oxygen atoms in total. The van der Waals surface area contributed by atoms with Crippen molar-refractivity contribution in [3.8, 4) is 0 Å². The van der Waals surface area contributed by atoms with Gasteiger partial charge in [-0.3, -0.25) is 28.2 Å². The summed E-state index contributed by atoms with van der Waals surface area (Å²) in [5.41, 5.74) is 0.813. The molecule has 412 valence electrons. The molecule has 4 heterocycles. The van der Waals surface area contributed by atoms with Gasteiger partial charge in [0.1, 0.15) is 35.0 Å². The number of carbonyl (C=O) groups excluding carboxylic acids is 1. The normalized spacial score (nSPS) is 22.7. The fourth-order valence-electron chi connectivity index (χ4n) is 8.99. The van der Waals surface area contributed by atoms with Crippen LogP contribution in [0.5, 0.6) is 0 Å². The summed E-state index contributed by atoms with van der Waals surface area (Å²) in [5.74, 6) is -0.338. The van der Waals surface area contributed by atoms with Crippen molar-refractivity contribution in [2.24, 2.45) is 0 Å². The highest BCUT2D eigenvalue weighted by Gasteiger charge is 2.48. The lowest BCUT2D eigenvalue weighted by molar-refractivity contribution is -0.438. The van der Waals surface area contributed by atoms with Gasteiger partial charge in [0.2, 0.25) is 11.6 Å². The first-order valence-electron chi connectivity index (χ1n) is 22.7. The second-order valence-electron chi connectivity index (χ2n) is 18.4. The summed E-state index contributed by atoms with van der Waals surface area (Å²) in [6.45, 7) is 9.41. The van der Waals surface area contributed by atoms with Crippen molar-refractivity contribution in [3.05, 3.63) is 110 Å². The second-order valence-corrected chi connectivity index (χ2v) is 25.7. The van der Waals surface area contributed by atoms with E-state index in [-0.39, 0.29) is 34.2 Å². The van der Waals surface area contributed by atoms with Crippen LogP contribution in [-0.4, -0.2) is 126 Å². The number of carbonyl (C=O) groups is 1. The van der Waals surface area contributed by atoms with Gasteiger partial charge in [-0.1, -0.05) is 32.1 Å². The van der Waals surface area contributed by atoms with Crippen LogP contribution in [0, 0.1) is 0 Å². The second kappa shape index (κ2) is 22.4. The number of phosphoric acid groups is 3. The lowest BCUT2D eigenvalue weighted by atomic mass is 9.81. The molecular formula is C43H56N5O22P3S2. The average Bonchev–Trinajstić information content (AvgIpc) is 3.77. The predicted molar refractivity (Wildman–Crippen MR) is 264 cm³/mol. The number of aliphatic hydroxyl groups excluding tert-OH is 2. The Bertz CT molecular complexity index is 3360. The van der Waals surface area contributed by atoms with Crippen LogP contribution in [0.25, 0.3) is 6.08 Å². The molecular weight excluding hydrogens is 1100 g/mol. The van der Waals surface area contributed by atoms with Crippen molar-refractivity contribution in [2.75, 3.05) is 31.1 Å². The molecule has 0 saturated carbocycles. The number of aliphatic hydroxyl groups is 2. The molecule has 32 heteroatoms. The number of likely N-dealkylation sites (N-methyl/N-ethyl adjacent to an activating group) is 1. The van der Waals surface area contributed by atoms with Gasteiger partial charge < -0.3 is 49.3 Å². The number of hydrogen-bond acceptors (Lipinski definition) is 18. The number of allylic oxidation sites excluding steroid dienone is 4. The first kappa shape index (κ1) is 59.6. The molecule has 1 aromatic heterocycles. The highest BCUT2D eigenvalue weighted by atomic mass is 32.2. The van der Waals surface area contributed by atoms with Crippen molar-refractivity contribution in [1.82, 2.24) is 14.9 Å². The van der Waals surface area contributed by atoms with Crippen LogP contribution >= 0.6 is 23.5 Å². The van der Waals surface area contributed by atoms with Gasteiger partial charge in [0.15, 0.2) is 11.9 Å². The molecule has 0 bridgehead atoms. The quantitative estimate of drug-likeness (QED) is 0.0302. The maximum Gasteiger partial charge on any atom is 0.490 e. The molecule has 9 N–H and O–H groups in total. The van der Waals surface area contributed by atoms with Crippen LogP contribution < -0.4 is 21.5 Å². The molecule has 1 amide bonds. The molecule has 75 heavy (non-hydrogen) atoms. The molecule has 1 fully saturated rings. The van der Waals surface area contributed by atoms with E-state index in [0.29, 0.717) is 48.0 Å². The summed E-state index contributed by atoms with van der Waals surface area (Å²) in [5, 5.41) is 23.8. The van der Waals surface area contributed by atoms with Crippen LogP contribution in [0.1, 0.15) is 83.2 Å². The van der Waals surface area contributed by atoms with Crippen molar-refractivity contribution in [3.63, 3.8) is 0 Å². The number of benzene rings is 2. The number of aromatic nitrogens is 2. The van der Waals surface area contributed by atoms with Crippen LogP contribution in [0.4, 0.5) is 11.4 Å². The topological polar surface area (TPSA) is 411 Å². The lowest BCUT2D eigenvalue weighted by Crippen LogP contribution is -2.38. The third-order valence-electron chi connectivity index (χ3n) is 12.6. The van der Waals surface area contributed by atoms with Crippen molar-refractivity contribution in [1.29, 1.82) is 0 Å². The molecule has 3 aliphatic heterocycles. The van der Waals surface area contributed by atoms with Gasteiger partial charge in [0.05, 0.1) is 27.4 Å². The van der Waals surface area contributed by atoms with Gasteiger partial charge in [-0.2, -0.15) is 21.6 Å². The van der Waals surface area contributed by atoms with Gasteiger partial charge in [0, 0.05) is 66.6 Å². The minimum Gasteiger partial charge on any atom is -0.744 e. The fourth-order valence-corrected chi connectivity index (χ4v) is 13.0. The molecule has 6 rings (SSSR count). The van der Waals surface area contributed by atoms with Gasteiger partial charge in [-0.05, 0) is 75.6 Å². The number of ether oxygens (including phenoxy) is 1. The number of rotatable bonds is 22. The SMILES string of the molecule is CCN1C(=CC=CC2=[N+](CCCCCC(=O)NCC=Cc3cn([C@@H]4O[C@H](COP(=O)(O)OP(=O)(O)OP(=O)(O)O)[C@@H](O)[C@H]4O)c(=O)[nH]c3=O)c3ccc(S(=O)(=O)O)cc3C2(C)C)C(C)(C)c2cc(S(=O)(=O)[O-])ccc21. The Labute approximate surface area is 429 Å². The standard InChI is InChI=1S/C43H56N5O22P3S2/c1-6-46-31-18-16-27(74(61,62)63)22-29(31)42(2,3)34(46)13-10-14-35-43(4,5)30-23-28(75(64,65)66)17-19-32(30)47(35)21-9-7-8-15-36(49)44-20-11-12-26-24-48(41(53)45-39(26)52)40-38(51)37(50)33(68-40)25-67-72(57,58)70-73(59,60)69-71(54,55)56/h10-14,16-19,22-24,33,37-38,40,50-51H,6-9,15,20-21,25H2,1-5H3,(H7-,44,45,49,52,53,54,55,56,57,58,59,60,61,62,63,64,65,66)/t33-,37-,38-,40-/m1/s1. The van der Waals surface area contributed by atoms with E-state index in [1.165, 1.54) is 36.4 Å². The Morgan fingerprint density at radius 1 is 0.907 bits per heavy atom. The number of aromatic amines is 1. The largest absolute Gasteiger partial charge is 0.744 e. The zero-order valence-electron chi connectivity index (χ0n) is 40.6. The highest BCUT2D eigenvalue weighted by molar-refractivity contribution is 7.86. The highest BCUT2D eigenvalue weighted by Crippen LogP contribution is 2.66. The van der Waals surface area contributed by atoms with Crippen LogP contribution in [0.3, 0.4) is 0 Å². The number of nitrogens with zero attached hydrogens (tertiary/aromatic N) is 3. The maximum atomic E-state index is 12.8. The Hall–Kier alpha value is -4.61. The van der Waals surface area contributed by atoms with E-state index in [1.54, 1.807) is 12.1 Å². The van der Waals surface area contributed by atoms with E-state index >= 15 is 0 Å². The lowest BCUT2D eigenvalue weighted by Gasteiger charge is -2.25. The molecule has 0 radical (unpaired) electrons. The Morgan fingerprint density at radius 3 is 2.21 bits per heavy atom. The molecule has 2 unspecified atom stereocenters. The van der Waals surface area contributed by atoms with E-state index in [0.717, 1.165) is 29.0 Å². The molecule has 2 aromatic carbocycles. The van der Waals surface area contributed by atoms with E-state index in [4.69, 9.17) is 14.5 Å². The summed E-state index contributed by atoms with van der Waals surface area (Å²) < 4.78 is 124. The number of phosphoric ester groups is 1. The van der Waals surface area contributed by atoms with E-state index < -0.39 is 96.9 Å². The summed E-state index contributed by atoms with van der Waals surface area (Å²) in [6, 6.07) is 8.71. The number of hydrogen-bond donors (Lipinski definition) is 9. The van der Waals surface area contributed by atoms with E-state index in [1.807, 2.05) is 67.3 Å². The first-order valence-corrected chi connectivity index (χ1v) is 30.1. The van der Waals surface area contributed by atoms with Crippen LogP contribution in [0.2, 0.25) is 0 Å². The summed E-state index contributed by atoms with van der Waals surface area (Å²) in [7, 11) is -26.4. The number of H-pyrrole nitrogens is 1. The smallest absolute Gasteiger partial charge is 0.490 e. The molecule has 1 saturated heterocycles. The molecule has 3 aliphatic rings. The number of unbranched alkanes of at least 4 members (excludes halogenated alkanes) is 2. The Morgan fingerprint density at radius 2 is 1.57 bits per heavy atom. The van der Waals surface area contributed by atoms with Gasteiger partial charge in [-0.15, -0.1) is 0 Å². The minimum absolute atomic E-state index is 0.0737. The molecule has 0 aliphatic carbocycles. The van der Waals surface area contributed by atoms with E-state index in [2.05, 4.69) is 18.5 Å². The molecule has 0 spiro atoms. The predicted octanol–water partition coefficient (Wildman–Crippen LogP) is 2.67. The zero-order chi connectivity index (χ0) is 55.9. The average molecular weight is 1150 g/mol. The third kappa shape index (κ3) is 13.9. The maximum absolute atomic E-state index is 12.8. The van der Waals surface area contributed by atoms with Crippen molar-refractivity contribution < 1.29 is 96.7 Å². The number of amides is 1. The van der Waals surface area contributed by atoms with Gasteiger partial charge in [-0.25, -0.2) is 26.9 Å². The fraction of sp³-hybridized carbons (Fsp3) is 0.442. The summed E-state index contributed by atoms with van der Waals surface area (Å²) in [4.78, 5) is 78.1. The van der Waals surface area contributed by atoms with Crippen molar-refractivity contribution in [2.45, 2.75) is 105 Å². The van der Waals surface area contributed by atoms with Crippen molar-refractivity contribution >= 4 is 72.8 Å². The summed E-state index contributed by atoms with van der Waals surface area (Å²) in [6.07, 6.45) is 3.64. The van der Waals surface area contributed by atoms with E-state index in [9.17, 15) is 74.0 Å². The van der Waals surface area contributed by atoms with Gasteiger partial charge in [0.25, 0.3) is 15.7 Å². The number of anilines is 1. The van der Waals surface area contributed by atoms with Crippen LogP contribution in [-0.2, 0) is 67.4 Å². The van der Waals surface area contributed by atoms with Gasteiger partial charge >= 0.3 is 29.2 Å². The number of fused-ring (bicyclic) bond motifs is 2. The zero-order valence-corrected chi connectivity index (χ0v) is 45.0.